The summed E-state index contributed by atoms with van der Waals surface area (Å²) in [5, 5.41) is 10.2. The Balaban J connectivity index is 2.49. The third-order valence-electron chi connectivity index (χ3n) is 2.26. The molecule has 0 aliphatic carbocycles. The summed E-state index contributed by atoms with van der Waals surface area (Å²) in [4.78, 5) is 6.53. The van der Waals surface area contributed by atoms with E-state index in [-0.39, 0.29) is 6.10 Å². The van der Waals surface area contributed by atoms with Crippen molar-refractivity contribution in [2.75, 3.05) is 18.5 Å². The van der Waals surface area contributed by atoms with Crippen molar-refractivity contribution in [1.82, 2.24) is 9.36 Å². The van der Waals surface area contributed by atoms with Crippen LogP contribution in [-0.4, -0.2) is 34.2 Å². The Morgan fingerprint density at radius 2 is 2.06 bits per heavy atom. The van der Waals surface area contributed by atoms with Crippen LogP contribution < -0.4 is 4.90 Å². The molecular weight excluding hydrogens is 222 g/mol. The monoisotopic (exact) mass is 243 g/mol. The largest absolute Gasteiger partial charge is 0.393 e. The number of rotatable bonds is 6. The minimum absolute atomic E-state index is 0.259. The van der Waals surface area contributed by atoms with Crippen LogP contribution in [0.4, 0.5) is 5.13 Å². The molecule has 0 fully saturated rings. The first-order valence-electron chi connectivity index (χ1n) is 5.70. The first kappa shape index (κ1) is 13.4. The summed E-state index contributed by atoms with van der Waals surface area (Å²) >= 11 is 1.43. The molecule has 0 aliphatic heterocycles. The number of aliphatic hydroxyl groups excluding tert-OH is 1. The van der Waals surface area contributed by atoms with Gasteiger partial charge in [-0.25, -0.2) is 4.98 Å². The van der Waals surface area contributed by atoms with Gasteiger partial charge in [-0.2, -0.15) is 4.37 Å². The maximum atomic E-state index is 9.21. The molecule has 1 aromatic heterocycles. The van der Waals surface area contributed by atoms with Crippen LogP contribution in [0.5, 0.6) is 0 Å². The van der Waals surface area contributed by atoms with Crippen molar-refractivity contribution in [2.45, 2.75) is 39.7 Å². The van der Waals surface area contributed by atoms with E-state index in [4.69, 9.17) is 0 Å². The zero-order valence-electron chi connectivity index (χ0n) is 10.5. The van der Waals surface area contributed by atoms with E-state index in [1.54, 1.807) is 6.92 Å². The van der Waals surface area contributed by atoms with E-state index < -0.39 is 0 Å². The fourth-order valence-electron chi connectivity index (χ4n) is 1.32. The van der Waals surface area contributed by atoms with E-state index in [1.165, 1.54) is 11.5 Å². The van der Waals surface area contributed by atoms with Crippen LogP contribution in [0, 0.1) is 5.92 Å². The summed E-state index contributed by atoms with van der Waals surface area (Å²) < 4.78 is 4.33. The molecule has 1 N–H and O–H groups in total. The highest BCUT2D eigenvalue weighted by molar-refractivity contribution is 7.09. The molecule has 16 heavy (non-hydrogen) atoms. The van der Waals surface area contributed by atoms with Crippen molar-refractivity contribution in [2.24, 2.45) is 5.92 Å². The quantitative estimate of drug-likeness (QED) is 0.829. The molecule has 4 nitrogen and oxygen atoms in total. The second-order valence-corrected chi connectivity index (χ2v) is 5.38. The number of nitrogens with zero attached hydrogens (tertiary/aromatic N) is 3. The Hall–Kier alpha value is -0.680. The van der Waals surface area contributed by atoms with Crippen molar-refractivity contribution in [3.8, 4) is 0 Å². The Labute approximate surface area is 101 Å². The highest BCUT2D eigenvalue weighted by Crippen LogP contribution is 2.17. The van der Waals surface area contributed by atoms with Crippen LogP contribution >= 0.6 is 11.5 Å². The molecule has 0 aromatic carbocycles. The fourth-order valence-corrected chi connectivity index (χ4v) is 2.00. The molecule has 1 heterocycles. The first-order valence-corrected chi connectivity index (χ1v) is 6.48. The van der Waals surface area contributed by atoms with Gasteiger partial charge < -0.3 is 10.0 Å². The normalized spacial score (nSPS) is 13.1. The zero-order valence-corrected chi connectivity index (χ0v) is 11.3. The minimum Gasteiger partial charge on any atom is -0.393 e. The molecule has 0 amide bonds. The number of hydrogen-bond acceptors (Lipinski definition) is 5. The van der Waals surface area contributed by atoms with Gasteiger partial charge in [-0.15, -0.1) is 0 Å². The van der Waals surface area contributed by atoms with Crippen molar-refractivity contribution >= 4 is 16.7 Å². The number of hydrogen-bond donors (Lipinski definition) is 1. The summed E-state index contributed by atoms with van der Waals surface area (Å²) in [6, 6.07) is 0. The molecule has 0 radical (unpaired) electrons. The molecule has 0 saturated carbocycles. The van der Waals surface area contributed by atoms with Crippen LogP contribution in [-0.2, 0) is 6.42 Å². The van der Waals surface area contributed by atoms with Crippen LogP contribution in [0.3, 0.4) is 0 Å². The highest BCUT2D eigenvalue weighted by atomic mass is 32.1. The van der Waals surface area contributed by atoms with Gasteiger partial charge in [0.1, 0.15) is 5.82 Å². The van der Waals surface area contributed by atoms with Gasteiger partial charge >= 0.3 is 0 Å². The summed E-state index contributed by atoms with van der Waals surface area (Å²) in [5.74, 6) is 1.52. The van der Waals surface area contributed by atoms with E-state index in [9.17, 15) is 5.11 Å². The van der Waals surface area contributed by atoms with Gasteiger partial charge in [-0.05, 0) is 19.3 Å². The van der Waals surface area contributed by atoms with Crippen LogP contribution in [0.15, 0.2) is 0 Å². The Kier molecular flexibility index (Phi) is 5.15. The molecule has 92 valence electrons. The highest BCUT2D eigenvalue weighted by Gasteiger charge is 2.10. The Morgan fingerprint density at radius 3 is 2.62 bits per heavy atom. The lowest BCUT2D eigenvalue weighted by molar-refractivity contribution is 0.187. The molecule has 1 atom stereocenters. The van der Waals surface area contributed by atoms with Gasteiger partial charge in [0.25, 0.3) is 0 Å². The average molecular weight is 243 g/mol. The summed E-state index contributed by atoms with van der Waals surface area (Å²) in [7, 11) is 1.99. The van der Waals surface area contributed by atoms with Gasteiger partial charge in [0, 0.05) is 31.5 Å². The molecule has 5 heteroatoms. The Morgan fingerprint density at radius 1 is 1.38 bits per heavy atom. The molecule has 0 spiro atoms. The second kappa shape index (κ2) is 6.15. The fraction of sp³-hybridized carbons (Fsp3) is 0.818. The summed E-state index contributed by atoms with van der Waals surface area (Å²) in [6.07, 6.45) is 1.43. The lowest BCUT2D eigenvalue weighted by Gasteiger charge is -2.15. The van der Waals surface area contributed by atoms with Crippen LogP contribution in [0.2, 0.25) is 0 Å². The summed E-state index contributed by atoms with van der Waals surface area (Å²) in [5.41, 5.74) is 0. The van der Waals surface area contributed by atoms with Gasteiger partial charge in [0.05, 0.1) is 6.10 Å². The lowest BCUT2D eigenvalue weighted by atomic mass is 10.1. The smallest absolute Gasteiger partial charge is 0.204 e. The molecule has 1 rings (SSSR count). The third kappa shape index (κ3) is 4.45. The zero-order chi connectivity index (χ0) is 12.1. The van der Waals surface area contributed by atoms with Gasteiger partial charge in [-0.3, -0.25) is 0 Å². The van der Waals surface area contributed by atoms with Crippen molar-refractivity contribution in [3.63, 3.8) is 0 Å². The molecular formula is C11H21N3OS. The summed E-state index contributed by atoms with van der Waals surface area (Å²) in [6.45, 7) is 6.95. The van der Waals surface area contributed by atoms with Crippen LogP contribution in [0.25, 0.3) is 0 Å². The second-order valence-electron chi connectivity index (χ2n) is 4.65. The molecule has 0 aliphatic rings. The molecule has 0 bridgehead atoms. The maximum absolute atomic E-state index is 9.21. The number of anilines is 1. The Bertz CT molecular complexity index is 312. The maximum Gasteiger partial charge on any atom is 0.204 e. The van der Waals surface area contributed by atoms with E-state index in [2.05, 4.69) is 23.2 Å². The van der Waals surface area contributed by atoms with Crippen molar-refractivity contribution < 1.29 is 5.11 Å². The number of aromatic nitrogens is 2. The van der Waals surface area contributed by atoms with E-state index in [1.807, 2.05) is 11.9 Å². The topological polar surface area (TPSA) is 49.2 Å². The first-order chi connectivity index (χ1) is 7.49. The lowest BCUT2D eigenvalue weighted by Crippen LogP contribution is -2.21. The third-order valence-corrected chi connectivity index (χ3v) is 3.13. The molecule has 1 aromatic rings. The predicted octanol–water partition coefficient (Wildman–Crippen LogP) is 1.94. The van der Waals surface area contributed by atoms with Gasteiger partial charge in [0.15, 0.2) is 0 Å². The number of aliphatic hydroxyl groups is 1. The standard InChI is InChI=1S/C11H21N3OS/c1-8(2)7-10-12-11(16-13-10)14(4)6-5-9(3)15/h8-9,15H,5-7H2,1-4H3. The van der Waals surface area contributed by atoms with Gasteiger partial charge in [-0.1, -0.05) is 13.8 Å². The molecule has 1 unspecified atom stereocenters. The molecule has 0 saturated heterocycles. The van der Waals surface area contributed by atoms with Crippen LogP contribution in [0.1, 0.15) is 33.0 Å². The van der Waals surface area contributed by atoms with E-state index >= 15 is 0 Å². The van der Waals surface area contributed by atoms with Crippen molar-refractivity contribution in [1.29, 1.82) is 0 Å². The van der Waals surface area contributed by atoms with Gasteiger partial charge in [0.2, 0.25) is 5.13 Å². The SMILES string of the molecule is CC(C)Cc1nsc(N(C)CCC(C)O)n1. The minimum atomic E-state index is -0.259. The van der Waals surface area contributed by atoms with Crippen molar-refractivity contribution in [3.05, 3.63) is 5.82 Å². The van der Waals surface area contributed by atoms with E-state index in [0.717, 1.165) is 30.3 Å². The predicted molar refractivity (Wildman–Crippen MR) is 68.0 cm³/mol. The van der Waals surface area contributed by atoms with E-state index in [0.29, 0.717) is 5.92 Å². The average Bonchev–Trinajstić information content (AvgIpc) is 2.61.